The van der Waals surface area contributed by atoms with E-state index in [1.807, 2.05) is 17.5 Å². The molecule has 7 heteroatoms. The highest BCUT2D eigenvalue weighted by Crippen LogP contribution is 2.25. The number of thiophene rings is 1. The van der Waals surface area contributed by atoms with E-state index in [4.69, 9.17) is 0 Å². The summed E-state index contributed by atoms with van der Waals surface area (Å²) in [5, 5.41) is 12.8. The molecule has 0 saturated heterocycles. The number of H-pyrrole nitrogens is 2. The minimum absolute atomic E-state index is 0.150. The quantitative estimate of drug-likeness (QED) is 0.662. The average molecular weight is 272 g/mol. The van der Waals surface area contributed by atoms with Crippen molar-refractivity contribution in [2.75, 3.05) is 0 Å². The topological polar surface area (TPSA) is 82.3 Å². The van der Waals surface area contributed by atoms with Crippen LogP contribution in [0.1, 0.15) is 23.3 Å². The van der Waals surface area contributed by atoms with Gasteiger partial charge in [-0.1, -0.05) is 6.07 Å². The van der Waals surface area contributed by atoms with Crippen molar-refractivity contribution >= 4 is 11.3 Å². The van der Waals surface area contributed by atoms with E-state index in [-0.39, 0.29) is 6.04 Å². The summed E-state index contributed by atoms with van der Waals surface area (Å²) in [6.07, 6.45) is 2.57. The Morgan fingerprint density at radius 1 is 1.37 bits per heavy atom. The fourth-order valence-corrected chi connectivity index (χ4v) is 2.97. The van der Waals surface area contributed by atoms with Gasteiger partial charge in [0.15, 0.2) is 5.82 Å². The summed E-state index contributed by atoms with van der Waals surface area (Å²) in [7, 11) is 0. The smallest absolute Gasteiger partial charge is 0.191 e. The lowest BCUT2D eigenvalue weighted by molar-refractivity contribution is 0.469. The molecule has 4 rings (SSSR count). The first-order valence-electron chi connectivity index (χ1n) is 6.11. The highest BCUT2D eigenvalue weighted by molar-refractivity contribution is 7.13. The van der Waals surface area contributed by atoms with Crippen molar-refractivity contribution in [3.63, 3.8) is 0 Å². The third kappa shape index (κ3) is 1.87. The Hall–Kier alpha value is -1.99. The van der Waals surface area contributed by atoms with Gasteiger partial charge >= 0.3 is 0 Å². The number of imidazole rings is 1. The maximum Gasteiger partial charge on any atom is 0.191 e. The predicted molar refractivity (Wildman–Crippen MR) is 71.6 cm³/mol. The molecular formula is C12H12N6S. The minimum Gasteiger partial charge on any atom is -0.347 e. The third-order valence-corrected chi connectivity index (χ3v) is 4.17. The van der Waals surface area contributed by atoms with Gasteiger partial charge in [-0.15, -0.1) is 11.3 Å². The molecule has 0 aromatic carbocycles. The molecular weight excluding hydrogens is 260 g/mol. The average Bonchev–Trinajstić information content (AvgIpc) is 3.18. The maximum atomic E-state index is 4.58. The van der Waals surface area contributed by atoms with Crippen LogP contribution in [-0.4, -0.2) is 25.1 Å². The Morgan fingerprint density at radius 2 is 2.37 bits per heavy atom. The van der Waals surface area contributed by atoms with Crippen molar-refractivity contribution in [2.24, 2.45) is 0 Å². The van der Waals surface area contributed by atoms with E-state index in [1.165, 1.54) is 0 Å². The van der Waals surface area contributed by atoms with Crippen molar-refractivity contribution in [3.8, 4) is 10.7 Å². The third-order valence-electron chi connectivity index (χ3n) is 3.30. The number of nitrogens with one attached hydrogen (secondary N) is 3. The van der Waals surface area contributed by atoms with Crippen LogP contribution in [0.5, 0.6) is 0 Å². The van der Waals surface area contributed by atoms with Gasteiger partial charge in [-0.3, -0.25) is 5.10 Å². The molecule has 4 heterocycles. The van der Waals surface area contributed by atoms with Crippen molar-refractivity contribution in [1.29, 1.82) is 0 Å². The molecule has 1 unspecified atom stereocenters. The first-order chi connectivity index (χ1) is 9.40. The summed E-state index contributed by atoms with van der Waals surface area (Å²) in [6.45, 7) is 0.787. The fraction of sp³-hybridized carbons (Fsp3) is 0.250. The molecule has 6 nitrogen and oxygen atoms in total. The van der Waals surface area contributed by atoms with Gasteiger partial charge in [0.2, 0.25) is 0 Å². The molecule has 0 bridgehead atoms. The lowest BCUT2D eigenvalue weighted by Gasteiger charge is -2.20. The Kier molecular flexibility index (Phi) is 2.46. The number of rotatable bonds is 2. The summed E-state index contributed by atoms with van der Waals surface area (Å²) in [6, 6.07) is 4.18. The second-order valence-electron chi connectivity index (χ2n) is 4.49. The summed E-state index contributed by atoms with van der Waals surface area (Å²) in [5.74, 6) is 1.64. The van der Waals surface area contributed by atoms with Gasteiger partial charge in [-0.05, 0) is 11.4 Å². The lowest BCUT2D eigenvalue weighted by Crippen LogP contribution is -2.29. The van der Waals surface area contributed by atoms with Crippen LogP contribution in [-0.2, 0) is 13.0 Å². The number of aromatic nitrogens is 5. The summed E-state index contributed by atoms with van der Waals surface area (Å²) >= 11 is 1.64. The van der Waals surface area contributed by atoms with E-state index < -0.39 is 0 Å². The van der Waals surface area contributed by atoms with Crippen LogP contribution in [0, 0.1) is 0 Å². The van der Waals surface area contributed by atoms with E-state index in [0.717, 1.165) is 40.9 Å². The van der Waals surface area contributed by atoms with Gasteiger partial charge < -0.3 is 10.3 Å². The van der Waals surface area contributed by atoms with E-state index in [2.05, 4.69) is 30.5 Å². The predicted octanol–water partition coefficient (Wildman–Crippen LogP) is 1.64. The zero-order valence-electron chi connectivity index (χ0n) is 10.1. The van der Waals surface area contributed by atoms with E-state index in [1.54, 1.807) is 17.7 Å². The Bertz CT molecular complexity index is 683. The van der Waals surface area contributed by atoms with Crippen LogP contribution < -0.4 is 5.32 Å². The highest BCUT2D eigenvalue weighted by atomic mass is 32.1. The molecule has 3 aromatic heterocycles. The molecule has 0 amide bonds. The molecule has 3 aromatic rings. The van der Waals surface area contributed by atoms with Gasteiger partial charge in [0.1, 0.15) is 5.82 Å². The van der Waals surface area contributed by atoms with Gasteiger partial charge in [0, 0.05) is 13.0 Å². The molecule has 19 heavy (non-hydrogen) atoms. The molecule has 1 aliphatic heterocycles. The largest absolute Gasteiger partial charge is 0.347 e. The SMILES string of the molecule is c1csc(-c2n[nH]c(C3Cc4nc[nH]c4CN3)n2)c1. The van der Waals surface area contributed by atoms with Gasteiger partial charge in [0.25, 0.3) is 0 Å². The zero-order valence-corrected chi connectivity index (χ0v) is 10.9. The lowest BCUT2D eigenvalue weighted by atomic mass is 10.1. The van der Waals surface area contributed by atoms with Crippen molar-refractivity contribution < 1.29 is 0 Å². The molecule has 0 radical (unpaired) electrons. The number of nitrogens with zero attached hydrogens (tertiary/aromatic N) is 3. The number of hydrogen-bond acceptors (Lipinski definition) is 5. The van der Waals surface area contributed by atoms with Crippen LogP contribution >= 0.6 is 11.3 Å². The van der Waals surface area contributed by atoms with Gasteiger partial charge in [0.05, 0.1) is 28.6 Å². The van der Waals surface area contributed by atoms with Crippen LogP contribution in [0.25, 0.3) is 10.7 Å². The van der Waals surface area contributed by atoms with Crippen LogP contribution in [0.15, 0.2) is 23.8 Å². The van der Waals surface area contributed by atoms with E-state index >= 15 is 0 Å². The molecule has 0 fully saturated rings. The monoisotopic (exact) mass is 272 g/mol. The molecule has 1 aliphatic rings. The Labute approximate surface area is 113 Å². The van der Waals surface area contributed by atoms with Gasteiger partial charge in [-0.2, -0.15) is 5.10 Å². The van der Waals surface area contributed by atoms with Crippen molar-refractivity contribution in [2.45, 2.75) is 19.0 Å². The molecule has 96 valence electrons. The van der Waals surface area contributed by atoms with Crippen LogP contribution in [0.4, 0.5) is 0 Å². The van der Waals surface area contributed by atoms with Crippen molar-refractivity contribution in [1.82, 2.24) is 30.5 Å². The molecule has 0 saturated carbocycles. The summed E-state index contributed by atoms with van der Waals surface area (Å²) in [4.78, 5) is 13.1. The second-order valence-corrected chi connectivity index (χ2v) is 5.43. The fourth-order valence-electron chi connectivity index (χ4n) is 2.31. The Morgan fingerprint density at radius 3 is 3.26 bits per heavy atom. The Balaban J connectivity index is 1.61. The van der Waals surface area contributed by atoms with E-state index in [0.29, 0.717) is 0 Å². The maximum absolute atomic E-state index is 4.58. The number of aromatic amines is 2. The second kappa shape index (κ2) is 4.29. The molecule has 0 aliphatic carbocycles. The van der Waals surface area contributed by atoms with Gasteiger partial charge in [-0.25, -0.2) is 9.97 Å². The summed E-state index contributed by atoms with van der Waals surface area (Å²) < 4.78 is 0. The standard InChI is InChI=1S/C12H12N6S/c1-2-10(19-3-1)12-16-11(17-18-12)8-4-7-9(5-13-8)15-6-14-7/h1-3,6,8,13H,4-5H2,(H,14,15)(H,16,17,18). The number of hydrogen-bond donors (Lipinski definition) is 3. The van der Waals surface area contributed by atoms with E-state index in [9.17, 15) is 0 Å². The normalized spacial score (nSPS) is 18.4. The summed E-state index contributed by atoms with van der Waals surface area (Å²) in [5.41, 5.74) is 2.27. The molecule has 3 N–H and O–H groups in total. The molecule has 1 atom stereocenters. The number of fused-ring (bicyclic) bond motifs is 1. The minimum atomic E-state index is 0.150. The zero-order chi connectivity index (χ0) is 12.7. The highest BCUT2D eigenvalue weighted by Gasteiger charge is 2.24. The first kappa shape index (κ1) is 10.9. The van der Waals surface area contributed by atoms with Crippen molar-refractivity contribution in [3.05, 3.63) is 41.1 Å². The first-order valence-corrected chi connectivity index (χ1v) is 6.99. The van der Waals surface area contributed by atoms with Crippen LogP contribution in [0.2, 0.25) is 0 Å². The van der Waals surface area contributed by atoms with Crippen LogP contribution in [0.3, 0.4) is 0 Å². The molecule has 0 spiro atoms.